The molecule has 3 aromatic heterocycles. The van der Waals surface area contributed by atoms with Crippen molar-refractivity contribution in [3.05, 3.63) is 60.4 Å². The number of nitrogens with zero attached hydrogens (tertiary/aromatic N) is 3. The monoisotopic (exact) mass is 447 g/mol. The fourth-order valence-corrected chi connectivity index (χ4v) is 4.93. The van der Waals surface area contributed by atoms with E-state index in [4.69, 9.17) is 4.98 Å². The van der Waals surface area contributed by atoms with Crippen LogP contribution in [-0.2, 0) is 6.61 Å². The highest BCUT2D eigenvalue weighted by atomic mass is 32.1. The van der Waals surface area contributed by atoms with Gasteiger partial charge in [0.25, 0.3) is 0 Å². The second kappa shape index (κ2) is 9.20. The quantitative estimate of drug-likeness (QED) is 0.340. The number of nitrogens with one attached hydrogen (secondary N) is 2. The van der Waals surface area contributed by atoms with Gasteiger partial charge in [0.15, 0.2) is 5.13 Å². The van der Waals surface area contributed by atoms with E-state index in [9.17, 15) is 10.2 Å². The molecule has 7 nitrogen and oxygen atoms in total. The van der Waals surface area contributed by atoms with E-state index in [2.05, 4.69) is 26.7 Å². The van der Waals surface area contributed by atoms with Crippen molar-refractivity contribution in [2.75, 3.05) is 10.6 Å². The Balaban J connectivity index is 1.32. The number of thiazole rings is 1. The normalized spacial score (nSPS) is 18.6. The Hall–Kier alpha value is -3.07. The van der Waals surface area contributed by atoms with Crippen LogP contribution in [0.3, 0.4) is 0 Å². The van der Waals surface area contributed by atoms with Crippen LogP contribution >= 0.6 is 11.3 Å². The van der Waals surface area contributed by atoms with Gasteiger partial charge in [-0.1, -0.05) is 23.5 Å². The molecule has 0 bridgehead atoms. The lowest BCUT2D eigenvalue weighted by Gasteiger charge is -2.26. The number of rotatable bonds is 6. The van der Waals surface area contributed by atoms with Crippen molar-refractivity contribution in [1.29, 1.82) is 0 Å². The van der Waals surface area contributed by atoms with Crippen molar-refractivity contribution in [3.63, 3.8) is 0 Å². The van der Waals surface area contributed by atoms with Gasteiger partial charge in [0.2, 0.25) is 0 Å². The summed E-state index contributed by atoms with van der Waals surface area (Å²) in [5, 5.41) is 26.7. The van der Waals surface area contributed by atoms with Crippen LogP contribution in [0.15, 0.2) is 54.9 Å². The van der Waals surface area contributed by atoms with Crippen LogP contribution in [0.1, 0.15) is 31.2 Å². The molecule has 4 N–H and O–H groups in total. The highest BCUT2D eigenvalue weighted by Gasteiger charge is 2.19. The summed E-state index contributed by atoms with van der Waals surface area (Å²) in [6.07, 6.45) is 6.89. The van der Waals surface area contributed by atoms with Crippen LogP contribution in [0.25, 0.3) is 21.3 Å². The third kappa shape index (κ3) is 4.72. The number of hydrogen-bond donors (Lipinski definition) is 4. The van der Waals surface area contributed by atoms with Gasteiger partial charge < -0.3 is 20.8 Å². The Morgan fingerprint density at radius 1 is 0.938 bits per heavy atom. The maximum Gasteiger partial charge on any atom is 0.189 e. The van der Waals surface area contributed by atoms with E-state index >= 15 is 0 Å². The molecule has 3 heterocycles. The second-order valence-electron chi connectivity index (χ2n) is 8.12. The number of fused-ring (bicyclic) bond motifs is 1. The van der Waals surface area contributed by atoms with Crippen LogP contribution in [0.2, 0.25) is 0 Å². The van der Waals surface area contributed by atoms with E-state index in [1.807, 2.05) is 36.4 Å². The predicted octanol–water partition coefficient (Wildman–Crippen LogP) is 4.70. The Kier molecular flexibility index (Phi) is 5.98. The molecule has 0 spiro atoms. The molecule has 32 heavy (non-hydrogen) atoms. The third-order valence-electron chi connectivity index (χ3n) is 5.73. The van der Waals surface area contributed by atoms with Gasteiger partial charge in [-0.05, 0) is 67.1 Å². The highest BCUT2D eigenvalue weighted by Crippen LogP contribution is 2.32. The standard InChI is InChI=1S/C24H25N5O2S/c30-14-15-10-17(13-25-12-15)16-4-9-20-21(11-16)32-24(27-20)29-23-3-1-2-22(28-23)26-18-5-7-19(31)8-6-18/h1-4,9-13,18-19,30-31H,5-8,14H2,(H2,26,27,28,29)/t18-,19-. The molecular weight excluding hydrogens is 422 g/mol. The zero-order valence-electron chi connectivity index (χ0n) is 17.5. The van der Waals surface area contributed by atoms with E-state index in [1.165, 1.54) is 0 Å². The molecule has 4 aromatic rings. The molecule has 8 heteroatoms. The molecule has 0 radical (unpaired) electrons. The summed E-state index contributed by atoms with van der Waals surface area (Å²) >= 11 is 1.57. The smallest absolute Gasteiger partial charge is 0.189 e. The minimum atomic E-state index is -0.163. The third-order valence-corrected chi connectivity index (χ3v) is 6.67. The minimum Gasteiger partial charge on any atom is -0.393 e. The highest BCUT2D eigenvalue weighted by molar-refractivity contribution is 7.22. The van der Waals surface area contributed by atoms with Crippen molar-refractivity contribution in [1.82, 2.24) is 15.0 Å². The van der Waals surface area contributed by atoms with E-state index in [0.29, 0.717) is 6.04 Å². The Bertz CT molecular complexity index is 1220. The number of aliphatic hydroxyl groups is 2. The summed E-state index contributed by atoms with van der Waals surface area (Å²) < 4.78 is 1.06. The predicted molar refractivity (Wildman–Crippen MR) is 128 cm³/mol. The lowest BCUT2D eigenvalue weighted by molar-refractivity contribution is 0.126. The first-order valence-electron chi connectivity index (χ1n) is 10.8. The molecule has 164 valence electrons. The van der Waals surface area contributed by atoms with Crippen LogP contribution in [-0.4, -0.2) is 37.3 Å². The summed E-state index contributed by atoms with van der Waals surface area (Å²) in [7, 11) is 0. The Labute approximate surface area is 190 Å². The van der Waals surface area contributed by atoms with Crippen LogP contribution in [0, 0.1) is 0 Å². The minimum absolute atomic E-state index is 0.0265. The number of benzene rings is 1. The van der Waals surface area contributed by atoms with Crippen molar-refractivity contribution in [3.8, 4) is 11.1 Å². The summed E-state index contributed by atoms with van der Waals surface area (Å²) in [6.45, 7) is -0.0265. The Morgan fingerprint density at radius 2 is 1.78 bits per heavy atom. The molecule has 1 fully saturated rings. The first-order valence-corrected chi connectivity index (χ1v) is 11.6. The average Bonchev–Trinajstić information content (AvgIpc) is 3.22. The molecule has 0 amide bonds. The molecule has 0 unspecified atom stereocenters. The number of pyridine rings is 2. The first-order chi connectivity index (χ1) is 15.7. The summed E-state index contributed by atoms with van der Waals surface area (Å²) in [5.41, 5.74) is 3.72. The van der Waals surface area contributed by atoms with Crippen molar-refractivity contribution in [2.24, 2.45) is 0 Å². The van der Waals surface area contributed by atoms with Crippen molar-refractivity contribution in [2.45, 2.75) is 44.4 Å². The van der Waals surface area contributed by atoms with Crippen LogP contribution < -0.4 is 10.6 Å². The number of anilines is 3. The van der Waals surface area contributed by atoms with Gasteiger partial charge in [0, 0.05) is 24.0 Å². The number of aliphatic hydroxyl groups excluding tert-OH is 2. The van der Waals surface area contributed by atoms with Crippen molar-refractivity contribution >= 4 is 38.3 Å². The first kappa shape index (κ1) is 20.8. The molecule has 1 aliphatic rings. The largest absolute Gasteiger partial charge is 0.393 e. The molecular formula is C24H25N5O2S. The van der Waals surface area contributed by atoms with Gasteiger partial charge in [-0.2, -0.15) is 0 Å². The van der Waals surface area contributed by atoms with Gasteiger partial charge in [0.05, 0.1) is 22.9 Å². The van der Waals surface area contributed by atoms with Gasteiger partial charge in [-0.25, -0.2) is 9.97 Å². The van der Waals surface area contributed by atoms with E-state index in [-0.39, 0.29) is 12.7 Å². The lowest BCUT2D eigenvalue weighted by atomic mass is 9.93. The average molecular weight is 448 g/mol. The van der Waals surface area contributed by atoms with Gasteiger partial charge >= 0.3 is 0 Å². The molecule has 0 aliphatic heterocycles. The SMILES string of the molecule is OCc1cncc(-c2ccc3nc(Nc4cccc(N[C@H]5CC[C@H](O)CC5)n4)sc3c2)c1. The number of aromatic nitrogens is 3. The molecule has 1 aromatic carbocycles. The van der Waals surface area contributed by atoms with Gasteiger partial charge in [-0.3, -0.25) is 4.98 Å². The second-order valence-corrected chi connectivity index (χ2v) is 9.16. The maximum atomic E-state index is 9.69. The topological polar surface area (TPSA) is 103 Å². The molecule has 0 atom stereocenters. The molecule has 5 rings (SSSR count). The van der Waals surface area contributed by atoms with E-state index < -0.39 is 0 Å². The van der Waals surface area contributed by atoms with Crippen LogP contribution in [0.5, 0.6) is 0 Å². The van der Waals surface area contributed by atoms with Gasteiger partial charge in [-0.15, -0.1) is 0 Å². The van der Waals surface area contributed by atoms with Gasteiger partial charge in [0.1, 0.15) is 11.6 Å². The maximum absolute atomic E-state index is 9.69. The number of hydrogen-bond acceptors (Lipinski definition) is 8. The summed E-state index contributed by atoms with van der Waals surface area (Å²) in [4.78, 5) is 13.6. The summed E-state index contributed by atoms with van der Waals surface area (Å²) in [5.74, 6) is 1.57. The fraction of sp³-hybridized carbons (Fsp3) is 0.292. The molecule has 1 saturated carbocycles. The van der Waals surface area contributed by atoms with E-state index in [0.717, 1.165) is 69.4 Å². The zero-order valence-corrected chi connectivity index (χ0v) is 18.3. The lowest BCUT2D eigenvalue weighted by Crippen LogP contribution is -2.28. The Morgan fingerprint density at radius 3 is 2.62 bits per heavy atom. The van der Waals surface area contributed by atoms with Crippen molar-refractivity contribution < 1.29 is 10.2 Å². The van der Waals surface area contributed by atoms with Crippen LogP contribution in [0.4, 0.5) is 16.8 Å². The molecule has 0 saturated heterocycles. The molecule has 1 aliphatic carbocycles. The van der Waals surface area contributed by atoms with E-state index in [1.54, 1.807) is 23.7 Å². The zero-order chi connectivity index (χ0) is 21.9. The summed E-state index contributed by atoms with van der Waals surface area (Å²) in [6, 6.07) is 14.3. The fourth-order valence-electron chi connectivity index (χ4n) is 4.01.